The largest absolute Gasteiger partial charge is 0.493 e. The Bertz CT molecular complexity index is 454. The molecule has 3 nitrogen and oxygen atoms in total. The van der Waals surface area contributed by atoms with Gasteiger partial charge in [-0.15, -0.1) is 11.6 Å². The highest BCUT2D eigenvalue weighted by molar-refractivity contribution is 6.19. The highest BCUT2D eigenvalue weighted by Gasteiger charge is 2.02. The van der Waals surface area contributed by atoms with Crippen molar-refractivity contribution in [2.24, 2.45) is 0 Å². The molecule has 0 spiro atoms. The zero-order valence-electron chi connectivity index (χ0n) is 11.5. The minimum atomic E-state index is -0.406. The van der Waals surface area contributed by atoms with E-state index in [1.54, 1.807) is 19.2 Å². The molecule has 0 aromatic heterocycles. The zero-order valence-corrected chi connectivity index (χ0v) is 12.2. The molecule has 0 amide bonds. The number of hydrogen-bond acceptors (Lipinski definition) is 3. The summed E-state index contributed by atoms with van der Waals surface area (Å²) in [6.07, 6.45) is 0.735. The first-order chi connectivity index (χ1) is 9.77. The van der Waals surface area contributed by atoms with Gasteiger partial charge in [-0.2, -0.15) is 0 Å². The Kier molecular flexibility index (Phi) is 8.81. The number of methoxy groups -OCH3 is 1. The van der Waals surface area contributed by atoms with Gasteiger partial charge in [0.2, 0.25) is 0 Å². The van der Waals surface area contributed by atoms with Crippen LogP contribution in [0.4, 0.5) is 4.39 Å². The highest BCUT2D eigenvalue weighted by Crippen LogP contribution is 2.16. The molecule has 0 atom stereocenters. The molecule has 110 valence electrons. The van der Waals surface area contributed by atoms with Gasteiger partial charge in [0.1, 0.15) is 11.6 Å². The quantitative estimate of drug-likeness (QED) is 0.420. The number of rotatable bonds is 8. The molecule has 0 heterocycles. The van der Waals surface area contributed by atoms with Gasteiger partial charge in [-0.05, 0) is 12.1 Å². The normalized spacial score (nSPS) is 9.95. The van der Waals surface area contributed by atoms with Gasteiger partial charge in [-0.25, -0.2) is 4.39 Å². The molecule has 0 radical (unpaired) electrons. The molecule has 0 bridgehead atoms. The summed E-state index contributed by atoms with van der Waals surface area (Å²) >= 11 is 5.42. The molecule has 0 unspecified atom stereocenters. The fourth-order valence-corrected chi connectivity index (χ4v) is 1.48. The van der Waals surface area contributed by atoms with Crippen molar-refractivity contribution in [2.75, 3.05) is 39.4 Å². The molecule has 0 aliphatic rings. The Labute approximate surface area is 124 Å². The van der Waals surface area contributed by atoms with Gasteiger partial charge in [-0.3, -0.25) is 0 Å². The minimum absolute atomic E-state index is 0.181. The van der Waals surface area contributed by atoms with Crippen molar-refractivity contribution in [1.82, 2.24) is 0 Å². The van der Waals surface area contributed by atoms with Gasteiger partial charge in [0, 0.05) is 26.2 Å². The third-order valence-corrected chi connectivity index (χ3v) is 2.50. The van der Waals surface area contributed by atoms with E-state index in [9.17, 15) is 4.39 Å². The van der Waals surface area contributed by atoms with Crippen LogP contribution in [0.25, 0.3) is 0 Å². The van der Waals surface area contributed by atoms with Crippen LogP contribution in [0.3, 0.4) is 0 Å². The lowest BCUT2D eigenvalue weighted by molar-refractivity contribution is 0.0644. The Morgan fingerprint density at radius 1 is 1.20 bits per heavy atom. The number of hydrogen-bond donors (Lipinski definition) is 0. The van der Waals surface area contributed by atoms with Crippen molar-refractivity contribution in [3.05, 3.63) is 29.6 Å². The monoisotopic (exact) mass is 300 g/mol. The van der Waals surface area contributed by atoms with Crippen molar-refractivity contribution in [1.29, 1.82) is 0 Å². The fourth-order valence-electron chi connectivity index (χ4n) is 1.41. The van der Waals surface area contributed by atoms with Crippen LogP contribution in [-0.2, 0) is 9.47 Å². The first kappa shape index (κ1) is 16.8. The Morgan fingerprint density at radius 3 is 2.75 bits per heavy atom. The second-order valence-electron chi connectivity index (χ2n) is 3.88. The van der Waals surface area contributed by atoms with Crippen LogP contribution < -0.4 is 4.74 Å². The van der Waals surface area contributed by atoms with Crippen molar-refractivity contribution < 1.29 is 18.6 Å². The molecule has 1 rings (SSSR count). The molecule has 0 saturated carbocycles. The number of ether oxygens (including phenoxy) is 3. The first-order valence-corrected chi connectivity index (χ1v) is 6.85. The van der Waals surface area contributed by atoms with Crippen LogP contribution in [0.15, 0.2) is 18.2 Å². The molecule has 0 saturated heterocycles. The van der Waals surface area contributed by atoms with E-state index in [4.69, 9.17) is 25.8 Å². The van der Waals surface area contributed by atoms with Gasteiger partial charge in [0.15, 0.2) is 0 Å². The zero-order chi connectivity index (χ0) is 14.6. The Balaban J connectivity index is 2.29. The Hall–Kier alpha value is -1.28. The number of alkyl halides is 1. The maximum atomic E-state index is 13.6. The van der Waals surface area contributed by atoms with Crippen LogP contribution in [0, 0.1) is 17.7 Å². The summed E-state index contributed by atoms with van der Waals surface area (Å²) in [7, 11) is 1.63. The standard InChI is InChI=1S/C15H18ClFO3/c1-18-10-11-19-8-3-9-20-14-6-5-13(4-2-7-16)15(17)12-14/h5-6,12H,3,7-11H2,1H3. The predicted molar refractivity (Wildman–Crippen MR) is 76.8 cm³/mol. The van der Waals surface area contributed by atoms with E-state index in [0.29, 0.717) is 37.7 Å². The van der Waals surface area contributed by atoms with Crippen molar-refractivity contribution in [3.63, 3.8) is 0 Å². The summed E-state index contributed by atoms with van der Waals surface area (Å²) in [6, 6.07) is 4.59. The second-order valence-corrected chi connectivity index (χ2v) is 4.15. The van der Waals surface area contributed by atoms with Gasteiger partial charge in [0.25, 0.3) is 0 Å². The summed E-state index contributed by atoms with van der Waals surface area (Å²) < 4.78 is 29.2. The van der Waals surface area contributed by atoms with E-state index in [0.717, 1.165) is 6.42 Å². The summed E-state index contributed by atoms with van der Waals surface area (Å²) in [6.45, 7) is 2.21. The van der Waals surface area contributed by atoms with Crippen molar-refractivity contribution in [3.8, 4) is 17.6 Å². The molecule has 0 fully saturated rings. The van der Waals surface area contributed by atoms with E-state index >= 15 is 0 Å². The smallest absolute Gasteiger partial charge is 0.142 e. The average molecular weight is 301 g/mol. The maximum absolute atomic E-state index is 13.6. The second kappa shape index (κ2) is 10.5. The molecule has 1 aromatic rings. The van der Waals surface area contributed by atoms with Crippen LogP contribution in [0.1, 0.15) is 12.0 Å². The topological polar surface area (TPSA) is 27.7 Å². The molecule has 0 aliphatic carbocycles. The van der Waals surface area contributed by atoms with E-state index < -0.39 is 5.82 Å². The third-order valence-electron chi connectivity index (χ3n) is 2.36. The van der Waals surface area contributed by atoms with Crippen molar-refractivity contribution >= 4 is 11.6 Å². The third kappa shape index (κ3) is 6.76. The fraction of sp³-hybridized carbons (Fsp3) is 0.467. The van der Waals surface area contributed by atoms with Crippen LogP contribution in [0.2, 0.25) is 0 Å². The van der Waals surface area contributed by atoms with E-state index in [2.05, 4.69) is 11.8 Å². The lowest BCUT2D eigenvalue weighted by Gasteiger charge is -2.07. The van der Waals surface area contributed by atoms with Gasteiger partial charge in [0.05, 0.1) is 31.3 Å². The molecular weight excluding hydrogens is 283 g/mol. The minimum Gasteiger partial charge on any atom is -0.493 e. The molecule has 5 heteroatoms. The van der Waals surface area contributed by atoms with E-state index in [1.165, 1.54) is 6.07 Å². The molecule has 20 heavy (non-hydrogen) atoms. The maximum Gasteiger partial charge on any atom is 0.142 e. The molecule has 0 aliphatic heterocycles. The summed E-state index contributed by atoms with van der Waals surface area (Å²) in [5.74, 6) is 5.51. The molecular formula is C15H18ClFO3. The van der Waals surface area contributed by atoms with Crippen LogP contribution in [-0.4, -0.2) is 39.4 Å². The van der Waals surface area contributed by atoms with Crippen molar-refractivity contribution in [2.45, 2.75) is 6.42 Å². The SMILES string of the molecule is COCCOCCCOc1ccc(C#CCCl)c(F)c1. The summed E-state index contributed by atoms with van der Waals surface area (Å²) in [5.41, 5.74) is 0.320. The molecule has 0 N–H and O–H groups in total. The molecule has 1 aromatic carbocycles. The van der Waals surface area contributed by atoms with E-state index in [-0.39, 0.29) is 5.88 Å². The van der Waals surface area contributed by atoms with Gasteiger partial charge >= 0.3 is 0 Å². The van der Waals surface area contributed by atoms with Crippen LogP contribution in [0.5, 0.6) is 5.75 Å². The lowest BCUT2D eigenvalue weighted by Crippen LogP contribution is -2.06. The van der Waals surface area contributed by atoms with Gasteiger partial charge in [-0.1, -0.05) is 11.8 Å². The lowest BCUT2D eigenvalue weighted by atomic mass is 10.2. The number of halogens is 2. The summed E-state index contributed by atoms with van der Waals surface area (Å²) in [4.78, 5) is 0. The first-order valence-electron chi connectivity index (χ1n) is 6.31. The highest BCUT2D eigenvalue weighted by atomic mass is 35.5. The average Bonchev–Trinajstić information content (AvgIpc) is 2.45. The van der Waals surface area contributed by atoms with E-state index in [1.807, 2.05) is 0 Å². The van der Waals surface area contributed by atoms with Crippen LogP contribution >= 0.6 is 11.6 Å². The number of benzene rings is 1. The summed E-state index contributed by atoms with van der Waals surface area (Å²) in [5, 5.41) is 0. The predicted octanol–water partition coefficient (Wildman–Crippen LogP) is 2.85. The Morgan fingerprint density at radius 2 is 2.05 bits per heavy atom. The van der Waals surface area contributed by atoms with Gasteiger partial charge < -0.3 is 14.2 Å².